The lowest BCUT2D eigenvalue weighted by atomic mass is 10.2. The van der Waals surface area contributed by atoms with Crippen molar-refractivity contribution in [2.24, 2.45) is 0 Å². The van der Waals surface area contributed by atoms with E-state index in [1.54, 1.807) is 6.07 Å². The topological polar surface area (TPSA) is 66.5 Å². The Bertz CT molecular complexity index is 1170. The minimum absolute atomic E-state index is 0.130. The summed E-state index contributed by atoms with van der Waals surface area (Å²) in [6.45, 7) is -0.394. The maximum atomic E-state index is 13.2. The van der Waals surface area contributed by atoms with E-state index in [1.165, 1.54) is 42.1 Å². The summed E-state index contributed by atoms with van der Waals surface area (Å²) in [5, 5.41) is 2.63. The fourth-order valence-corrected chi connectivity index (χ4v) is 5.16. The van der Waals surface area contributed by atoms with Crippen molar-refractivity contribution in [3.8, 4) is 0 Å². The molecule has 33 heavy (non-hydrogen) atoms. The van der Waals surface area contributed by atoms with Gasteiger partial charge in [0.15, 0.2) is 0 Å². The van der Waals surface area contributed by atoms with Gasteiger partial charge in [-0.2, -0.15) is 13.2 Å². The van der Waals surface area contributed by atoms with Crippen LogP contribution in [0, 0.1) is 0 Å². The molecule has 0 saturated carbocycles. The molecule has 10 heteroatoms. The van der Waals surface area contributed by atoms with Crippen LogP contribution in [-0.4, -0.2) is 33.2 Å². The van der Waals surface area contributed by atoms with Crippen molar-refractivity contribution in [3.05, 3.63) is 90.5 Å². The largest absolute Gasteiger partial charge is 0.416 e. The van der Waals surface area contributed by atoms with Crippen LogP contribution in [0.1, 0.15) is 5.56 Å². The smallest absolute Gasteiger partial charge is 0.354 e. The highest BCUT2D eigenvalue weighted by Gasteiger charge is 2.33. The van der Waals surface area contributed by atoms with E-state index in [2.05, 4.69) is 5.32 Å². The number of halogens is 3. The number of carbonyl (C=O) groups excluding carboxylic acids is 1. The molecule has 3 aromatic rings. The van der Waals surface area contributed by atoms with Crippen LogP contribution in [0.2, 0.25) is 0 Å². The maximum Gasteiger partial charge on any atom is 0.416 e. The number of benzene rings is 3. The molecular formula is C23H21F3N2O3S2. The number of rotatable bonds is 9. The van der Waals surface area contributed by atoms with Crippen LogP contribution in [0.15, 0.2) is 94.7 Å². The predicted octanol–water partition coefficient (Wildman–Crippen LogP) is 4.81. The van der Waals surface area contributed by atoms with Gasteiger partial charge >= 0.3 is 6.18 Å². The molecule has 0 aromatic heterocycles. The van der Waals surface area contributed by atoms with Crippen molar-refractivity contribution in [1.82, 2.24) is 5.32 Å². The van der Waals surface area contributed by atoms with Crippen LogP contribution < -0.4 is 9.62 Å². The molecule has 174 valence electrons. The zero-order chi connectivity index (χ0) is 23.9. The van der Waals surface area contributed by atoms with E-state index in [0.29, 0.717) is 10.1 Å². The average molecular weight is 495 g/mol. The standard InChI is InChI=1S/C23H21F3N2O3S2/c24-23(25,26)18-8-7-9-19(16-18)28(33(30,31)21-12-5-2-6-13-21)17-22(29)27-14-15-32-20-10-3-1-4-11-20/h1-13,16H,14-15,17H2,(H,27,29). The summed E-state index contributed by atoms with van der Waals surface area (Å²) in [6, 6.07) is 20.7. The molecule has 1 N–H and O–H groups in total. The normalized spacial score (nSPS) is 11.7. The number of amides is 1. The van der Waals surface area contributed by atoms with E-state index in [1.807, 2.05) is 30.3 Å². The number of sulfonamides is 1. The van der Waals surface area contributed by atoms with Gasteiger partial charge in [0.05, 0.1) is 16.1 Å². The summed E-state index contributed by atoms with van der Waals surface area (Å²) in [4.78, 5) is 13.4. The molecule has 1 amide bonds. The second kappa shape index (κ2) is 10.8. The van der Waals surface area contributed by atoms with Gasteiger partial charge in [0.1, 0.15) is 6.54 Å². The van der Waals surface area contributed by atoms with Gasteiger partial charge in [-0.05, 0) is 42.5 Å². The van der Waals surface area contributed by atoms with Gasteiger partial charge in [-0.1, -0.05) is 42.5 Å². The van der Waals surface area contributed by atoms with Gasteiger partial charge in [0.2, 0.25) is 5.91 Å². The summed E-state index contributed by atoms with van der Waals surface area (Å²) in [6.07, 6.45) is -4.66. The number of nitrogens with one attached hydrogen (secondary N) is 1. The Morgan fingerprint density at radius 1 is 0.909 bits per heavy atom. The quantitative estimate of drug-likeness (QED) is 0.343. The number of carbonyl (C=O) groups is 1. The van der Waals surface area contributed by atoms with Gasteiger partial charge in [-0.3, -0.25) is 9.10 Å². The molecule has 0 heterocycles. The SMILES string of the molecule is O=C(CN(c1cccc(C(F)(F)F)c1)S(=O)(=O)c1ccccc1)NCCSc1ccccc1. The van der Waals surface area contributed by atoms with Crippen molar-refractivity contribution in [2.45, 2.75) is 16.0 Å². The number of anilines is 1. The van der Waals surface area contributed by atoms with E-state index in [-0.39, 0.29) is 17.1 Å². The van der Waals surface area contributed by atoms with E-state index in [0.717, 1.165) is 23.1 Å². The van der Waals surface area contributed by atoms with Crippen molar-refractivity contribution in [1.29, 1.82) is 0 Å². The van der Waals surface area contributed by atoms with Crippen molar-refractivity contribution >= 4 is 33.4 Å². The Balaban J connectivity index is 1.78. The molecule has 3 aromatic carbocycles. The predicted molar refractivity (Wildman–Crippen MR) is 123 cm³/mol. The highest BCUT2D eigenvalue weighted by molar-refractivity contribution is 7.99. The highest BCUT2D eigenvalue weighted by Crippen LogP contribution is 2.33. The molecule has 5 nitrogen and oxygen atoms in total. The van der Waals surface area contributed by atoms with Crippen LogP contribution in [0.25, 0.3) is 0 Å². The lowest BCUT2D eigenvalue weighted by Gasteiger charge is -2.25. The van der Waals surface area contributed by atoms with Crippen molar-refractivity contribution < 1.29 is 26.4 Å². The molecule has 0 aliphatic carbocycles. The molecule has 0 fully saturated rings. The lowest BCUT2D eigenvalue weighted by Crippen LogP contribution is -2.41. The first kappa shape index (κ1) is 24.7. The zero-order valence-corrected chi connectivity index (χ0v) is 19.0. The molecule has 0 unspecified atom stereocenters. The fraction of sp³-hybridized carbons (Fsp3) is 0.174. The molecule has 0 saturated heterocycles. The first-order valence-electron chi connectivity index (χ1n) is 9.87. The summed E-state index contributed by atoms with van der Waals surface area (Å²) in [5.41, 5.74) is -1.25. The summed E-state index contributed by atoms with van der Waals surface area (Å²) < 4.78 is 66.7. The van der Waals surface area contributed by atoms with Gasteiger partial charge in [-0.25, -0.2) is 8.42 Å². The van der Waals surface area contributed by atoms with E-state index in [9.17, 15) is 26.4 Å². The molecule has 0 aliphatic rings. The van der Waals surface area contributed by atoms with Crippen LogP contribution in [0.3, 0.4) is 0 Å². The number of hydrogen-bond acceptors (Lipinski definition) is 4. The van der Waals surface area contributed by atoms with Gasteiger partial charge in [0, 0.05) is 17.2 Å². The van der Waals surface area contributed by atoms with Crippen LogP contribution >= 0.6 is 11.8 Å². The zero-order valence-electron chi connectivity index (χ0n) is 17.3. The molecule has 3 rings (SSSR count). The molecule has 0 bridgehead atoms. The van der Waals surface area contributed by atoms with Gasteiger partial charge in [0.25, 0.3) is 10.0 Å². The average Bonchev–Trinajstić information content (AvgIpc) is 2.81. The van der Waals surface area contributed by atoms with Gasteiger partial charge < -0.3 is 5.32 Å². The van der Waals surface area contributed by atoms with E-state index >= 15 is 0 Å². The Kier molecular flexibility index (Phi) is 8.04. The molecule has 0 atom stereocenters. The Hall–Kier alpha value is -2.98. The second-order valence-corrected chi connectivity index (χ2v) is 9.91. The third-order valence-corrected chi connectivity index (χ3v) is 7.32. The first-order chi connectivity index (χ1) is 15.7. The fourth-order valence-electron chi connectivity index (χ4n) is 2.93. The first-order valence-corrected chi connectivity index (χ1v) is 12.3. The highest BCUT2D eigenvalue weighted by atomic mass is 32.2. The number of hydrogen-bond donors (Lipinski definition) is 1. The second-order valence-electron chi connectivity index (χ2n) is 6.88. The Labute approximate surface area is 194 Å². The minimum atomic E-state index is -4.66. The van der Waals surface area contributed by atoms with Crippen molar-refractivity contribution in [2.75, 3.05) is 23.1 Å². The monoisotopic (exact) mass is 494 g/mol. The summed E-state index contributed by atoms with van der Waals surface area (Å²) in [5.74, 6) is -0.0781. The molecule has 0 aliphatic heterocycles. The van der Waals surface area contributed by atoms with Crippen LogP contribution in [0.4, 0.5) is 18.9 Å². The van der Waals surface area contributed by atoms with Crippen LogP contribution in [0.5, 0.6) is 0 Å². The van der Waals surface area contributed by atoms with Gasteiger partial charge in [-0.15, -0.1) is 11.8 Å². The van der Waals surface area contributed by atoms with Crippen molar-refractivity contribution in [3.63, 3.8) is 0 Å². The number of thioether (sulfide) groups is 1. The molecule has 0 spiro atoms. The number of alkyl halides is 3. The third-order valence-electron chi connectivity index (χ3n) is 4.52. The minimum Gasteiger partial charge on any atom is -0.354 e. The maximum absolute atomic E-state index is 13.2. The Morgan fingerprint density at radius 2 is 1.55 bits per heavy atom. The van der Waals surface area contributed by atoms with Crippen LogP contribution in [-0.2, 0) is 21.0 Å². The third kappa shape index (κ3) is 6.75. The lowest BCUT2D eigenvalue weighted by molar-refractivity contribution is -0.137. The van der Waals surface area contributed by atoms with E-state index < -0.39 is 34.2 Å². The van der Waals surface area contributed by atoms with E-state index in [4.69, 9.17) is 0 Å². The summed E-state index contributed by atoms with van der Waals surface area (Å²) >= 11 is 1.51. The molecular weight excluding hydrogens is 473 g/mol. The Morgan fingerprint density at radius 3 is 2.18 bits per heavy atom. The summed E-state index contributed by atoms with van der Waals surface area (Å²) in [7, 11) is -4.29. The number of nitrogens with zero attached hydrogens (tertiary/aromatic N) is 1. The molecule has 0 radical (unpaired) electrons.